The first-order valence-electron chi connectivity index (χ1n) is 3.21. The van der Waals surface area contributed by atoms with Crippen molar-refractivity contribution >= 4 is 22.8 Å². The van der Waals surface area contributed by atoms with E-state index in [1.54, 1.807) is 6.20 Å². The van der Waals surface area contributed by atoms with Gasteiger partial charge in [-0.3, -0.25) is 0 Å². The molecule has 0 fully saturated rings. The van der Waals surface area contributed by atoms with E-state index in [1.807, 2.05) is 23.9 Å². The van der Waals surface area contributed by atoms with Crippen LogP contribution in [0.3, 0.4) is 0 Å². The van der Waals surface area contributed by atoms with Gasteiger partial charge >= 0.3 is 0 Å². The van der Waals surface area contributed by atoms with E-state index in [4.69, 9.17) is 11.6 Å². The Bertz CT molecular complexity index is 393. The normalized spacial score (nSPS) is 10.7. The topological polar surface area (TPSA) is 30.7 Å². The van der Waals surface area contributed by atoms with Crippen LogP contribution >= 0.6 is 11.6 Å². The largest absolute Gasteiger partial charge is 0.334 e. The van der Waals surface area contributed by atoms with E-state index in [0.29, 0.717) is 5.15 Å². The Morgan fingerprint density at radius 2 is 2.36 bits per heavy atom. The molecule has 0 aliphatic heterocycles. The van der Waals surface area contributed by atoms with Crippen molar-refractivity contribution in [2.75, 3.05) is 0 Å². The molecule has 0 saturated heterocycles. The molecule has 0 amide bonds. The van der Waals surface area contributed by atoms with Crippen LogP contribution in [0.5, 0.6) is 0 Å². The summed E-state index contributed by atoms with van der Waals surface area (Å²) in [6.07, 6.45) is 3.45. The van der Waals surface area contributed by atoms with Crippen molar-refractivity contribution < 1.29 is 0 Å². The van der Waals surface area contributed by atoms with Gasteiger partial charge in [0.25, 0.3) is 0 Å². The van der Waals surface area contributed by atoms with Crippen LogP contribution in [0.4, 0.5) is 0 Å². The van der Waals surface area contributed by atoms with Crippen molar-refractivity contribution in [3.63, 3.8) is 0 Å². The van der Waals surface area contributed by atoms with Crippen LogP contribution in [-0.4, -0.2) is 14.5 Å². The van der Waals surface area contributed by atoms with Gasteiger partial charge in [0.2, 0.25) is 0 Å². The lowest BCUT2D eigenvalue weighted by atomic mass is 10.5. The van der Waals surface area contributed by atoms with Crippen molar-refractivity contribution in [3.05, 3.63) is 23.6 Å². The number of aryl methyl sites for hydroxylation is 1. The Morgan fingerprint density at radius 1 is 1.55 bits per heavy atom. The first kappa shape index (κ1) is 6.61. The summed E-state index contributed by atoms with van der Waals surface area (Å²) in [6.45, 7) is 0. The molecule has 2 heterocycles. The molecule has 0 saturated carbocycles. The minimum Gasteiger partial charge on any atom is -0.334 e. The average molecular weight is 168 g/mol. The molecule has 11 heavy (non-hydrogen) atoms. The van der Waals surface area contributed by atoms with Crippen LogP contribution < -0.4 is 0 Å². The molecule has 3 nitrogen and oxygen atoms in total. The maximum absolute atomic E-state index is 5.65. The molecule has 2 aromatic heterocycles. The summed E-state index contributed by atoms with van der Waals surface area (Å²) in [5.74, 6) is 0. The molecule has 0 bridgehead atoms. The zero-order valence-electron chi connectivity index (χ0n) is 5.95. The van der Waals surface area contributed by atoms with Crippen LogP contribution in [0.1, 0.15) is 0 Å². The standard InChI is InChI=1S/C7H6ClN3/c1-11-3-2-5-7(11)9-4-6(8)10-5/h2-4H,1H3. The zero-order chi connectivity index (χ0) is 7.84. The van der Waals surface area contributed by atoms with E-state index in [2.05, 4.69) is 9.97 Å². The highest BCUT2D eigenvalue weighted by molar-refractivity contribution is 6.29. The Hall–Kier alpha value is -1.09. The molecule has 0 spiro atoms. The highest BCUT2D eigenvalue weighted by Gasteiger charge is 1.99. The monoisotopic (exact) mass is 167 g/mol. The molecule has 4 heteroatoms. The lowest BCUT2D eigenvalue weighted by molar-refractivity contribution is 0.946. The molecule has 0 aliphatic carbocycles. The Labute approximate surface area is 68.6 Å². The van der Waals surface area contributed by atoms with E-state index in [1.165, 1.54) is 0 Å². The molecular weight excluding hydrogens is 162 g/mol. The van der Waals surface area contributed by atoms with Gasteiger partial charge in [-0.05, 0) is 6.07 Å². The maximum atomic E-state index is 5.65. The highest BCUT2D eigenvalue weighted by atomic mass is 35.5. The van der Waals surface area contributed by atoms with Crippen LogP contribution in [-0.2, 0) is 7.05 Å². The van der Waals surface area contributed by atoms with Gasteiger partial charge in [0.05, 0.1) is 6.20 Å². The number of nitrogens with zero attached hydrogens (tertiary/aromatic N) is 3. The van der Waals surface area contributed by atoms with Crippen LogP contribution in [0.15, 0.2) is 18.5 Å². The first-order valence-corrected chi connectivity index (χ1v) is 3.59. The molecule has 2 aromatic rings. The highest BCUT2D eigenvalue weighted by Crippen LogP contribution is 2.11. The lowest BCUT2D eigenvalue weighted by Gasteiger charge is -1.92. The van der Waals surface area contributed by atoms with Gasteiger partial charge in [-0.1, -0.05) is 11.6 Å². The van der Waals surface area contributed by atoms with Gasteiger partial charge in [0, 0.05) is 13.2 Å². The van der Waals surface area contributed by atoms with Gasteiger partial charge < -0.3 is 4.57 Å². The third-order valence-corrected chi connectivity index (χ3v) is 1.72. The zero-order valence-corrected chi connectivity index (χ0v) is 6.71. The van der Waals surface area contributed by atoms with Gasteiger partial charge in [0.15, 0.2) is 5.65 Å². The van der Waals surface area contributed by atoms with E-state index in [-0.39, 0.29) is 0 Å². The molecule has 0 radical (unpaired) electrons. The van der Waals surface area contributed by atoms with Gasteiger partial charge in [-0.2, -0.15) is 0 Å². The molecule has 56 valence electrons. The molecule has 0 aliphatic rings. The van der Waals surface area contributed by atoms with Gasteiger partial charge in [-0.15, -0.1) is 0 Å². The SMILES string of the molecule is Cn1ccc2nc(Cl)cnc21. The molecule has 0 atom stereocenters. The van der Waals surface area contributed by atoms with Crippen molar-refractivity contribution in [2.24, 2.45) is 7.05 Å². The molecule has 0 unspecified atom stereocenters. The van der Waals surface area contributed by atoms with E-state index >= 15 is 0 Å². The molecule has 0 N–H and O–H groups in total. The fourth-order valence-electron chi connectivity index (χ4n) is 1.01. The Morgan fingerprint density at radius 3 is 3.18 bits per heavy atom. The maximum Gasteiger partial charge on any atom is 0.158 e. The van der Waals surface area contributed by atoms with Crippen LogP contribution in [0, 0.1) is 0 Å². The minimum absolute atomic E-state index is 0.434. The van der Waals surface area contributed by atoms with Crippen molar-refractivity contribution in [3.8, 4) is 0 Å². The second-order valence-electron chi connectivity index (χ2n) is 2.33. The van der Waals surface area contributed by atoms with Crippen LogP contribution in [0.2, 0.25) is 5.15 Å². The summed E-state index contributed by atoms with van der Waals surface area (Å²) in [7, 11) is 1.92. The van der Waals surface area contributed by atoms with Crippen molar-refractivity contribution in [1.82, 2.24) is 14.5 Å². The minimum atomic E-state index is 0.434. The predicted octanol–water partition coefficient (Wildman–Crippen LogP) is 1.62. The quantitative estimate of drug-likeness (QED) is 0.597. The fraction of sp³-hybridized carbons (Fsp3) is 0.143. The van der Waals surface area contributed by atoms with Crippen molar-refractivity contribution in [2.45, 2.75) is 0 Å². The molecule has 2 rings (SSSR count). The third kappa shape index (κ3) is 0.973. The summed E-state index contributed by atoms with van der Waals surface area (Å²) in [6, 6.07) is 1.88. The van der Waals surface area contributed by atoms with E-state index in [9.17, 15) is 0 Å². The predicted molar refractivity (Wildman–Crippen MR) is 43.5 cm³/mol. The lowest BCUT2D eigenvalue weighted by Crippen LogP contribution is -1.88. The molecular formula is C7H6ClN3. The number of halogens is 1. The number of hydrogen-bond acceptors (Lipinski definition) is 2. The second-order valence-corrected chi connectivity index (χ2v) is 2.72. The Kier molecular flexibility index (Phi) is 1.32. The number of fused-ring (bicyclic) bond motifs is 1. The number of hydrogen-bond donors (Lipinski definition) is 0. The van der Waals surface area contributed by atoms with Crippen molar-refractivity contribution in [1.29, 1.82) is 0 Å². The van der Waals surface area contributed by atoms with Crippen LogP contribution in [0.25, 0.3) is 11.2 Å². The Balaban J connectivity index is 2.86. The van der Waals surface area contributed by atoms with E-state index in [0.717, 1.165) is 11.2 Å². The summed E-state index contributed by atoms with van der Waals surface area (Å²) in [5.41, 5.74) is 1.69. The van der Waals surface area contributed by atoms with E-state index < -0.39 is 0 Å². The van der Waals surface area contributed by atoms with Gasteiger partial charge in [-0.25, -0.2) is 9.97 Å². The summed E-state index contributed by atoms with van der Waals surface area (Å²) in [5, 5.41) is 0.434. The first-order chi connectivity index (χ1) is 5.27. The average Bonchev–Trinajstić information content (AvgIpc) is 2.32. The fourth-order valence-corrected chi connectivity index (χ4v) is 1.15. The second kappa shape index (κ2) is 2.20. The summed E-state index contributed by atoms with van der Waals surface area (Å²) >= 11 is 5.65. The summed E-state index contributed by atoms with van der Waals surface area (Å²) < 4.78 is 1.90. The molecule has 0 aromatic carbocycles. The third-order valence-electron chi connectivity index (χ3n) is 1.54. The number of aromatic nitrogens is 3. The summed E-state index contributed by atoms with van der Waals surface area (Å²) in [4.78, 5) is 8.19. The smallest absolute Gasteiger partial charge is 0.158 e. The number of rotatable bonds is 0. The van der Waals surface area contributed by atoms with Gasteiger partial charge in [0.1, 0.15) is 10.7 Å².